The van der Waals surface area contributed by atoms with E-state index >= 15 is 0 Å². The van der Waals surface area contributed by atoms with E-state index in [-0.39, 0.29) is 12.5 Å². The van der Waals surface area contributed by atoms with Gasteiger partial charge in [-0.25, -0.2) is 0 Å². The zero-order valence-electron chi connectivity index (χ0n) is 12.7. The number of furan rings is 1. The van der Waals surface area contributed by atoms with Crippen molar-refractivity contribution in [1.29, 1.82) is 0 Å². The van der Waals surface area contributed by atoms with Crippen LogP contribution in [0.5, 0.6) is 11.5 Å². The quantitative estimate of drug-likeness (QED) is 0.789. The second-order valence-corrected chi connectivity index (χ2v) is 6.14. The Balaban J connectivity index is 1.36. The number of hydrogen-bond acceptors (Lipinski definition) is 5. The van der Waals surface area contributed by atoms with Crippen molar-refractivity contribution in [2.45, 2.75) is 12.6 Å². The van der Waals surface area contributed by atoms with Gasteiger partial charge in [0.25, 0.3) is 5.91 Å². The summed E-state index contributed by atoms with van der Waals surface area (Å²) in [6.45, 7) is 0.506. The van der Waals surface area contributed by atoms with E-state index in [1.807, 2.05) is 47.2 Å². The van der Waals surface area contributed by atoms with Crippen molar-refractivity contribution in [3.63, 3.8) is 0 Å². The molecule has 0 spiro atoms. The number of rotatable bonds is 4. The average molecular weight is 341 g/mol. The molecule has 0 aliphatic carbocycles. The van der Waals surface area contributed by atoms with Crippen molar-refractivity contribution in [2.24, 2.45) is 0 Å². The van der Waals surface area contributed by atoms with Gasteiger partial charge in [-0.3, -0.25) is 4.79 Å². The topological polar surface area (TPSA) is 60.7 Å². The van der Waals surface area contributed by atoms with Crippen LogP contribution in [-0.2, 0) is 11.3 Å². The molecular weight excluding hydrogens is 326 g/mol. The minimum Gasteiger partial charge on any atom is -0.485 e. The van der Waals surface area contributed by atoms with Crippen molar-refractivity contribution in [3.8, 4) is 22.8 Å². The molecular formula is C18H15NO4S. The molecule has 1 aromatic carbocycles. The molecule has 0 bridgehead atoms. The zero-order chi connectivity index (χ0) is 16.4. The van der Waals surface area contributed by atoms with Gasteiger partial charge in [0.1, 0.15) is 18.1 Å². The lowest BCUT2D eigenvalue weighted by Crippen LogP contribution is -2.43. The molecule has 1 aliphatic heterocycles. The fraction of sp³-hybridized carbons (Fsp3) is 0.167. The zero-order valence-corrected chi connectivity index (χ0v) is 13.5. The molecule has 3 heterocycles. The highest BCUT2D eigenvalue weighted by Gasteiger charge is 2.27. The molecule has 122 valence electrons. The Hall–Kier alpha value is -2.73. The predicted molar refractivity (Wildman–Crippen MR) is 90.2 cm³/mol. The highest BCUT2D eigenvalue weighted by Crippen LogP contribution is 2.31. The second-order valence-electron chi connectivity index (χ2n) is 5.36. The van der Waals surface area contributed by atoms with E-state index in [9.17, 15) is 4.79 Å². The third-order valence-corrected chi connectivity index (χ3v) is 4.39. The van der Waals surface area contributed by atoms with Crippen molar-refractivity contribution in [1.82, 2.24) is 5.32 Å². The largest absolute Gasteiger partial charge is 0.485 e. The Morgan fingerprint density at radius 2 is 2.04 bits per heavy atom. The van der Waals surface area contributed by atoms with Gasteiger partial charge in [0.2, 0.25) is 6.10 Å². The van der Waals surface area contributed by atoms with Crippen molar-refractivity contribution < 1.29 is 18.7 Å². The molecule has 1 amide bonds. The van der Waals surface area contributed by atoms with Gasteiger partial charge in [-0.1, -0.05) is 12.1 Å². The van der Waals surface area contributed by atoms with Crippen LogP contribution >= 0.6 is 11.3 Å². The monoisotopic (exact) mass is 341 g/mol. The summed E-state index contributed by atoms with van der Waals surface area (Å²) < 4.78 is 17.0. The van der Waals surface area contributed by atoms with Gasteiger partial charge in [-0.2, -0.15) is 11.3 Å². The summed E-state index contributed by atoms with van der Waals surface area (Å²) in [5, 5.41) is 6.84. The number of amides is 1. The lowest BCUT2D eigenvalue weighted by atomic mass is 10.2. The Bertz CT molecular complexity index is 840. The highest BCUT2D eigenvalue weighted by atomic mass is 32.1. The number of thiophene rings is 1. The average Bonchev–Trinajstić information content (AvgIpc) is 3.30. The maximum Gasteiger partial charge on any atom is 0.265 e. The summed E-state index contributed by atoms with van der Waals surface area (Å²) >= 11 is 1.61. The minimum atomic E-state index is -0.661. The van der Waals surface area contributed by atoms with Crippen molar-refractivity contribution in [2.75, 3.05) is 6.61 Å². The Labute approximate surface area is 142 Å². The van der Waals surface area contributed by atoms with Crippen LogP contribution in [0.1, 0.15) is 5.76 Å². The molecule has 0 radical (unpaired) electrons. The lowest BCUT2D eigenvalue weighted by molar-refractivity contribution is -0.130. The molecule has 0 unspecified atom stereocenters. The van der Waals surface area contributed by atoms with Gasteiger partial charge >= 0.3 is 0 Å². The molecule has 24 heavy (non-hydrogen) atoms. The Kier molecular flexibility index (Phi) is 3.96. The number of carbonyl (C=O) groups is 1. The van der Waals surface area contributed by atoms with Crippen LogP contribution in [0.15, 0.2) is 57.6 Å². The van der Waals surface area contributed by atoms with E-state index < -0.39 is 6.10 Å². The van der Waals surface area contributed by atoms with E-state index in [1.54, 1.807) is 17.4 Å². The minimum absolute atomic E-state index is 0.196. The number of hydrogen-bond donors (Lipinski definition) is 1. The Morgan fingerprint density at radius 1 is 1.17 bits per heavy atom. The van der Waals surface area contributed by atoms with Gasteiger partial charge in [-0.05, 0) is 35.7 Å². The first-order valence-electron chi connectivity index (χ1n) is 7.57. The number of benzene rings is 1. The molecule has 2 aromatic heterocycles. The first-order valence-corrected chi connectivity index (χ1v) is 8.51. The summed E-state index contributed by atoms with van der Waals surface area (Å²) in [5.41, 5.74) is 1.04. The lowest BCUT2D eigenvalue weighted by Gasteiger charge is -2.25. The normalized spacial score (nSPS) is 15.9. The first kappa shape index (κ1) is 14.8. The van der Waals surface area contributed by atoms with Crippen molar-refractivity contribution >= 4 is 17.2 Å². The number of ether oxygens (including phenoxy) is 2. The van der Waals surface area contributed by atoms with Crippen LogP contribution in [0.2, 0.25) is 0 Å². The van der Waals surface area contributed by atoms with Crippen LogP contribution in [-0.4, -0.2) is 18.6 Å². The van der Waals surface area contributed by atoms with Gasteiger partial charge in [-0.15, -0.1) is 0 Å². The van der Waals surface area contributed by atoms with Crippen molar-refractivity contribution in [3.05, 3.63) is 59.0 Å². The van der Waals surface area contributed by atoms with Crippen LogP contribution in [0.3, 0.4) is 0 Å². The third-order valence-electron chi connectivity index (χ3n) is 3.71. The Morgan fingerprint density at radius 3 is 2.88 bits per heavy atom. The van der Waals surface area contributed by atoms with E-state index in [1.165, 1.54) is 0 Å². The van der Waals surface area contributed by atoms with E-state index in [4.69, 9.17) is 13.9 Å². The number of fused-ring (bicyclic) bond motifs is 1. The molecule has 0 fully saturated rings. The second kappa shape index (κ2) is 6.41. The van der Waals surface area contributed by atoms with Crippen LogP contribution < -0.4 is 14.8 Å². The number of para-hydroxylation sites is 2. The van der Waals surface area contributed by atoms with Crippen LogP contribution in [0.25, 0.3) is 11.3 Å². The van der Waals surface area contributed by atoms with E-state index in [0.717, 1.165) is 11.3 Å². The molecule has 5 nitrogen and oxygen atoms in total. The molecule has 4 rings (SSSR count). The maximum atomic E-state index is 12.3. The summed E-state index contributed by atoms with van der Waals surface area (Å²) in [6.07, 6.45) is -0.661. The molecule has 1 atom stereocenters. The summed E-state index contributed by atoms with van der Waals surface area (Å²) in [6, 6.07) is 13.1. The van der Waals surface area contributed by atoms with Gasteiger partial charge in [0, 0.05) is 10.9 Å². The standard InChI is InChI=1S/C18H15NO4S/c20-18(17-10-21-15-3-1-2-4-16(15)23-17)19-9-13-5-6-14(22-13)12-7-8-24-11-12/h1-8,11,17H,9-10H2,(H,19,20)/t17-/m0/s1. The SMILES string of the molecule is O=C(NCc1ccc(-c2ccsc2)o1)[C@@H]1COc2ccccc2O1. The van der Waals surface area contributed by atoms with Crippen LogP contribution in [0.4, 0.5) is 0 Å². The van der Waals surface area contributed by atoms with E-state index in [0.29, 0.717) is 23.8 Å². The maximum absolute atomic E-state index is 12.3. The van der Waals surface area contributed by atoms with Gasteiger partial charge < -0.3 is 19.2 Å². The van der Waals surface area contributed by atoms with E-state index in [2.05, 4.69) is 5.32 Å². The summed E-state index contributed by atoms with van der Waals surface area (Å²) in [5.74, 6) is 2.51. The summed E-state index contributed by atoms with van der Waals surface area (Å²) in [4.78, 5) is 12.3. The smallest absolute Gasteiger partial charge is 0.265 e. The fourth-order valence-electron chi connectivity index (χ4n) is 2.47. The molecule has 1 aliphatic rings. The fourth-order valence-corrected chi connectivity index (χ4v) is 3.11. The number of nitrogens with one attached hydrogen (secondary N) is 1. The molecule has 6 heteroatoms. The highest BCUT2D eigenvalue weighted by molar-refractivity contribution is 7.08. The molecule has 0 saturated carbocycles. The predicted octanol–water partition coefficient (Wildman–Crippen LogP) is 3.46. The number of carbonyl (C=O) groups excluding carboxylic acids is 1. The molecule has 1 N–H and O–H groups in total. The molecule has 3 aromatic rings. The first-order chi connectivity index (χ1) is 11.8. The van der Waals surface area contributed by atoms with Gasteiger partial charge in [0.05, 0.1) is 6.54 Å². The van der Waals surface area contributed by atoms with Gasteiger partial charge in [0.15, 0.2) is 11.5 Å². The summed E-state index contributed by atoms with van der Waals surface area (Å²) in [7, 11) is 0. The molecule has 0 saturated heterocycles. The third kappa shape index (κ3) is 3.00. The van der Waals surface area contributed by atoms with Crippen LogP contribution in [0, 0.1) is 0 Å².